The molecular weight excluding hydrogens is 276 g/mol. The molecule has 2 aromatic rings. The highest BCUT2D eigenvalue weighted by molar-refractivity contribution is 5.18. The van der Waals surface area contributed by atoms with E-state index in [-0.39, 0.29) is 5.82 Å². The first-order valence-electron chi connectivity index (χ1n) is 6.22. The molecule has 0 saturated carbocycles. The second-order valence-electron chi connectivity index (χ2n) is 4.60. The van der Waals surface area contributed by atoms with Gasteiger partial charge in [-0.2, -0.15) is 4.68 Å². The van der Waals surface area contributed by atoms with Crippen LogP contribution in [0.3, 0.4) is 0 Å². The topological polar surface area (TPSA) is 92.3 Å². The zero-order chi connectivity index (χ0) is 14.9. The Balaban J connectivity index is 1.81. The van der Waals surface area contributed by atoms with E-state index in [2.05, 4.69) is 10.1 Å². The third-order valence-corrected chi connectivity index (χ3v) is 3.05. The third kappa shape index (κ3) is 2.55. The van der Waals surface area contributed by atoms with Gasteiger partial charge in [0.1, 0.15) is 24.8 Å². The second kappa shape index (κ2) is 4.89. The average molecular weight is 288 g/mol. The molecular formula is C13H12N4O4. The van der Waals surface area contributed by atoms with Crippen molar-refractivity contribution in [2.45, 2.75) is 19.3 Å². The molecule has 1 aliphatic rings. The summed E-state index contributed by atoms with van der Waals surface area (Å²) in [6, 6.07) is 6.77. The Morgan fingerprint density at radius 2 is 2.10 bits per heavy atom. The normalized spacial score (nSPS) is 15.5. The van der Waals surface area contributed by atoms with Crippen LogP contribution in [0.5, 0.6) is 0 Å². The van der Waals surface area contributed by atoms with Crippen LogP contribution in [0, 0.1) is 10.1 Å². The molecule has 0 bridgehead atoms. The van der Waals surface area contributed by atoms with Gasteiger partial charge in [-0.15, -0.1) is 0 Å². The van der Waals surface area contributed by atoms with Gasteiger partial charge in [0.2, 0.25) is 0 Å². The first-order valence-corrected chi connectivity index (χ1v) is 6.22. The zero-order valence-corrected chi connectivity index (χ0v) is 11.2. The molecule has 0 aromatic carbocycles. The van der Waals surface area contributed by atoms with Crippen LogP contribution in [0.1, 0.15) is 18.3 Å². The summed E-state index contributed by atoms with van der Waals surface area (Å²) >= 11 is 0. The minimum atomic E-state index is -0.938. The predicted octanol–water partition coefficient (Wildman–Crippen LogP) is 1.93. The number of nitrogens with zero attached hydrogens (tertiary/aromatic N) is 4. The molecule has 0 aliphatic carbocycles. The molecule has 3 heterocycles. The lowest BCUT2D eigenvalue weighted by atomic mass is 10.2. The Kier molecular flexibility index (Phi) is 3.05. The Hall–Kier alpha value is -2.90. The van der Waals surface area contributed by atoms with Gasteiger partial charge >= 0.3 is 5.82 Å². The molecule has 0 fully saturated rings. The maximum Gasteiger partial charge on any atom is 0.389 e. The standard InChI is InChI=1S/C13H12N4O4/c1-13(20-7-8-21-13)11-4-2-3-10(14-11)9-16-6-5-12(15-16)17(18)19/h2-8H,9H2,1H3. The van der Waals surface area contributed by atoms with E-state index >= 15 is 0 Å². The summed E-state index contributed by atoms with van der Waals surface area (Å²) in [6.45, 7) is 2.09. The van der Waals surface area contributed by atoms with Crippen molar-refractivity contribution >= 4 is 5.82 Å². The summed E-state index contributed by atoms with van der Waals surface area (Å²) in [5.41, 5.74) is 1.32. The van der Waals surface area contributed by atoms with E-state index in [1.165, 1.54) is 23.3 Å². The van der Waals surface area contributed by atoms with Crippen LogP contribution in [0.4, 0.5) is 5.82 Å². The van der Waals surface area contributed by atoms with E-state index in [0.717, 1.165) is 0 Å². The number of ether oxygens (including phenoxy) is 2. The van der Waals surface area contributed by atoms with Crippen molar-refractivity contribution in [2.75, 3.05) is 0 Å². The van der Waals surface area contributed by atoms with Crippen molar-refractivity contribution in [1.29, 1.82) is 0 Å². The Bertz CT molecular complexity index is 702. The minimum absolute atomic E-state index is 0.190. The van der Waals surface area contributed by atoms with E-state index in [1.54, 1.807) is 19.2 Å². The van der Waals surface area contributed by atoms with E-state index < -0.39 is 10.7 Å². The minimum Gasteiger partial charge on any atom is -0.452 e. The fourth-order valence-corrected chi connectivity index (χ4v) is 1.99. The molecule has 8 nitrogen and oxygen atoms in total. The zero-order valence-electron chi connectivity index (χ0n) is 11.2. The smallest absolute Gasteiger partial charge is 0.389 e. The maximum atomic E-state index is 10.6. The highest BCUT2D eigenvalue weighted by Crippen LogP contribution is 2.30. The van der Waals surface area contributed by atoms with Gasteiger partial charge in [0, 0.05) is 6.92 Å². The van der Waals surface area contributed by atoms with Crippen molar-refractivity contribution < 1.29 is 14.4 Å². The molecule has 0 amide bonds. The summed E-state index contributed by atoms with van der Waals surface area (Å²) in [5.74, 6) is -1.13. The lowest BCUT2D eigenvalue weighted by Gasteiger charge is -2.22. The fourth-order valence-electron chi connectivity index (χ4n) is 1.99. The SMILES string of the molecule is CC1(c2cccc(Cn3ccc([N+](=O)[O-])n3)n2)OC=CO1. The first-order chi connectivity index (χ1) is 10.1. The van der Waals surface area contributed by atoms with Crippen molar-refractivity contribution in [1.82, 2.24) is 14.8 Å². The van der Waals surface area contributed by atoms with Crippen LogP contribution >= 0.6 is 0 Å². The highest BCUT2D eigenvalue weighted by atomic mass is 16.7. The van der Waals surface area contributed by atoms with Gasteiger partial charge in [0.15, 0.2) is 0 Å². The van der Waals surface area contributed by atoms with Gasteiger partial charge in [-0.1, -0.05) is 6.07 Å². The molecule has 0 saturated heterocycles. The second-order valence-corrected chi connectivity index (χ2v) is 4.60. The average Bonchev–Trinajstić information content (AvgIpc) is 3.09. The third-order valence-electron chi connectivity index (χ3n) is 3.05. The molecule has 0 radical (unpaired) electrons. The Morgan fingerprint density at radius 3 is 2.76 bits per heavy atom. The van der Waals surface area contributed by atoms with Gasteiger partial charge in [-0.05, 0) is 17.1 Å². The molecule has 108 valence electrons. The Labute approximate surface area is 119 Å². The van der Waals surface area contributed by atoms with Crippen LogP contribution in [0.2, 0.25) is 0 Å². The highest BCUT2D eigenvalue weighted by Gasteiger charge is 2.33. The fraction of sp³-hybridized carbons (Fsp3) is 0.231. The number of hydrogen-bond acceptors (Lipinski definition) is 6. The molecule has 21 heavy (non-hydrogen) atoms. The molecule has 0 unspecified atom stereocenters. The maximum absolute atomic E-state index is 10.6. The summed E-state index contributed by atoms with van der Waals surface area (Å²) in [6.07, 6.45) is 4.47. The number of rotatable bonds is 4. The van der Waals surface area contributed by atoms with Crippen molar-refractivity contribution in [3.63, 3.8) is 0 Å². The van der Waals surface area contributed by atoms with Crippen molar-refractivity contribution in [3.05, 3.63) is 64.5 Å². The van der Waals surface area contributed by atoms with Gasteiger partial charge in [0.05, 0.1) is 23.1 Å². The first kappa shape index (κ1) is 13.1. The molecule has 1 aliphatic heterocycles. The number of aromatic nitrogens is 3. The molecule has 2 aromatic heterocycles. The molecule has 0 spiro atoms. The van der Waals surface area contributed by atoms with Crippen LogP contribution < -0.4 is 0 Å². The van der Waals surface area contributed by atoms with Gasteiger partial charge < -0.3 is 19.6 Å². The predicted molar refractivity (Wildman–Crippen MR) is 70.9 cm³/mol. The van der Waals surface area contributed by atoms with E-state index in [4.69, 9.17) is 9.47 Å². The van der Waals surface area contributed by atoms with Gasteiger partial charge in [0.25, 0.3) is 5.79 Å². The van der Waals surface area contributed by atoms with E-state index in [0.29, 0.717) is 17.9 Å². The van der Waals surface area contributed by atoms with E-state index in [1.807, 2.05) is 12.1 Å². The molecule has 0 N–H and O–H groups in total. The monoisotopic (exact) mass is 288 g/mol. The summed E-state index contributed by atoms with van der Waals surface area (Å²) in [4.78, 5) is 14.5. The molecule has 3 rings (SSSR count). The molecule has 8 heteroatoms. The Morgan fingerprint density at radius 1 is 1.33 bits per heavy atom. The number of nitro groups is 1. The summed E-state index contributed by atoms with van der Waals surface area (Å²) < 4.78 is 12.2. The van der Waals surface area contributed by atoms with Crippen molar-refractivity contribution in [3.8, 4) is 0 Å². The quantitative estimate of drug-likeness (QED) is 0.630. The summed E-state index contributed by atoms with van der Waals surface area (Å²) in [5, 5.41) is 14.5. The van der Waals surface area contributed by atoms with E-state index in [9.17, 15) is 10.1 Å². The number of hydrogen-bond donors (Lipinski definition) is 0. The van der Waals surface area contributed by atoms with Crippen molar-refractivity contribution in [2.24, 2.45) is 0 Å². The number of pyridine rings is 1. The van der Waals surface area contributed by atoms with Crippen LogP contribution in [0.25, 0.3) is 0 Å². The van der Waals surface area contributed by atoms with Crippen LogP contribution in [0.15, 0.2) is 43.0 Å². The summed E-state index contributed by atoms with van der Waals surface area (Å²) in [7, 11) is 0. The lowest BCUT2D eigenvalue weighted by molar-refractivity contribution is -0.389. The van der Waals surface area contributed by atoms with Crippen LogP contribution in [-0.4, -0.2) is 19.7 Å². The molecule has 0 atom stereocenters. The van der Waals surface area contributed by atoms with Crippen LogP contribution in [-0.2, 0) is 21.8 Å². The van der Waals surface area contributed by atoms with Gasteiger partial charge in [-0.25, -0.2) is 4.98 Å². The largest absolute Gasteiger partial charge is 0.452 e. The van der Waals surface area contributed by atoms with Gasteiger partial charge in [-0.3, -0.25) is 0 Å². The lowest BCUT2D eigenvalue weighted by Crippen LogP contribution is -2.24.